The summed E-state index contributed by atoms with van der Waals surface area (Å²) < 4.78 is 0. The molecule has 0 aliphatic rings. The molecule has 0 fully saturated rings. The molecule has 0 atom stereocenters. The fourth-order valence-electron chi connectivity index (χ4n) is 3.53. The van der Waals surface area contributed by atoms with Crippen molar-refractivity contribution in [3.63, 3.8) is 0 Å². The summed E-state index contributed by atoms with van der Waals surface area (Å²) in [4.78, 5) is 1.29. The second-order valence-electron chi connectivity index (χ2n) is 7.42. The Hall–Kier alpha value is -2.82. The van der Waals surface area contributed by atoms with Crippen LogP contribution in [0.15, 0.2) is 102 Å². The average Bonchev–Trinajstić information content (AvgIpc) is 2.82. The number of hydrogen-bond donors (Lipinski definition) is 2. The summed E-state index contributed by atoms with van der Waals surface area (Å²) in [7, 11) is 0. The topological polar surface area (TPSA) is 24.1 Å². The van der Waals surface area contributed by atoms with Crippen molar-refractivity contribution < 1.29 is 0 Å². The standard InChI is InChI=1S/C27H26N2S2/c30-27(28-19-7-11-23-10-6-9-22-8-4-5-14-26(22)23)29-24-17-15-21(16-18-24)20-31-25-12-2-1-3-13-25/h1-6,8-10,12-18H,7,11,19-20H2,(H2,28,29,30). The Morgan fingerprint density at radius 1 is 0.774 bits per heavy atom. The van der Waals surface area contributed by atoms with E-state index in [0.717, 1.165) is 30.8 Å². The van der Waals surface area contributed by atoms with Gasteiger partial charge in [0.2, 0.25) is 0 Å². The van der Waals surface area contributed by atoms with E-state index in [9.17, 15) is 0 Å². The van der Waals surface area contributed by atoms with Gasteiger partial charge in [-0.3, -0.25) is 0 Å². The number of aryl methyl sites for hydroxylation is 1. The lowest BCUT2D eigenvalue weighted by molar-refractivity contribution is 0.780. The zero-order chi connectivity index (χ0) is 21.3. The average molecular weight is 443 g/mol. The number of thiocarbonyl (C=S) groups is 1. The molecule has 0 saturated carbocycles. The Morgan fingerprint density at radius 2 is 1.52 bits per heavy atom. The molecule has 0 aromatic heterocycles. The third-order valence-corrected chi connectivity index (χ3v) is 6.48. The van der Waals surface area contributed by atoms with E-state index >= 15 is 0 Å². The summed E-state index contributed by atoms with van der Waals surface area (Å²) in [5, 5.41) is 9.93. The van der Waals surface area contributed by atoms with Crippen LogP contribution in [0.3, 0.4) is 0 Å². The SMILES string of the molecule is S=C(NCCCc1cccc2ccccc12)Nc1ccc(CSc2ccccc2)cc1. The molecule has 0 spiro atoms. The van der Waals surface area contributed by atoms with Gasteiger partial charge in [0.25, 0.3) is 0 Å². The van der Waals surface area contributed by atoms with Crippen molar-refractivity contribution in [2.75, 3.05) is 11.9 Å². The van der Waals surface area contributed by atoms with Gasteiger partial charge in [0.15, 0.2) is 5.11 Å². The maximum absolute atomic E-state index is 5.46. The lowest BCUT2D eigenvalue weighted by Gasteiger charge is -2.12. The Bertz CT molecular complexity index is 1120. The number of fused-ring (bicyclic) bond motifs is 1. The van der Waals surface area contributed by atoms with E-state index in [4.69, 9.17) is 12.2 Å². The first-order chi connectivity index (χ1) is 15.3. The number of nitrogens with one attached hydrogen (secondary N) is 2. The molecule has 0 aliphatic heterocycles. The molecule has 0 unspecified atom stereocenters. The fourth-order valence-corrected chi connectivity index (χ4v) is 4.63. The summed E-state index contributed by atoms with van der Waals surface area (Å²) in [5.41, 5.74) is 3.70. The molecule has 156 valence electrons. The number of rotatable bonds is 8. The molecule has 0 amide bonds. The van der Waals surface area contributed by atoms with Crippen molar-refractivity contribution in [2.45, 2.75) is 23.5 Å². The lowest BCUT2D eigenvalue weighted by atomic mass is 10.0. The molecule has 2 N–H and O–H groups in total. The summed E-state index contributed by atoms with van der Waals surface area (Å²) >= 11 is 7.31. The Balaban J connectivity index is 1.20. The van der Waals surface area contributed by atoms with E-state index in [-0.39, 0.29) is 0 Å². The van der Waals surface area contributed by atoms with Crippen molar-refractivity contribution in [3.8, 4) is 0 Å². The van der Waals surface area contributed by atoms with Gasteiger partial charge >= 0.3 is 0 Å². The first kappa shape index (κ1) is 21.4. The number of thioether (sulfide) groups is 1. The molecule has 0 saturated heterocycles. The minimum Gasteiger partial charge on any atom is -0.362 e. The third kappa shape index (κ3) is 6.33. The van der Waals surface area contributed by atoms with E-state index in [0.29, 0.717) is 5.11 Å². The van der Waals surface area contributed by atoms with Gasteiger partial charge in [-0.1, -0.05) is 72.8 Å². The predicted octanol–water partition coefficient (Wildman–Crippen LogP) is 7.05. The highest BCUT2D eigenvalue weighted by Crippen LogP contribution is 2.23. The van der Waals surface area contributed by atoms with Gasteiger partial charge < -0.3 is 10.6 Å². The van der Waals surface area contributed by atoms with Crippen molar-refractivity contribution in [1.29, 1.82) is 0 Å². The normalized spacial score (nSPS) is 10.7. The van der Waals surface area contributed by atoms with Crippen LogP contribution in [0.1, 0.15) is 17.5 Å². The van der Waals surface area contributed by atoms with Gasteiger partial charge in [-0.05, 0) is 71.2 Å². The van der Waals surface area contributed by atoms with Crippen LogP contribution in [0, 0.1) is 0 Å². The minimum atomic E-state index is 0.671. The van der Waals surface area contributed by atoms with Gasteiger partial charge in [-0.25, -0.2) is 0 Å². The van der Waals surface area contributed by atoms with Crippen LogP contribution >= 0.6 is 24.0 Å². The zero-order valence-electron chi connectivity index (χ0n) is 17.4. The first-order valence-electron chi connectivity index (χ1n) is 10.6. The van der Waals surface area contributed by atoms with Crippen LogP contribution in [0.5, 0.6) is 0 Å². The van der Waals surface area contributed by atoms with Gasteiger partial charge in [0.1, 0.15) is 0 Å². The summed E-state index contributed by atoms with van der Waals surface area (Å²) in [6, 6.07) is 34.1. The van der Waals surface area contributed by atoms with E-state index in [1.54, 1.807) is 0 Å². The number of anilines is 1. The monoisotopic (exact) mass is 442 g/mol. The molecular weight excluding hydrogens is 416 g/mol. The molecule has 4 rings (SSSR count). The van der Waals surface area contributed by atoms with Gasteiger partial charge in [-0.15, -0.1) is 11.8 Å². The van der Waals surface area contributed by atoms with Crippen molar-refractivity contribution in [2.24, 2.45) is 0 Å². The summed E-state index contributed by atoms with van der Waals surface area (Å²) in [6.07, 6.45) is 2.07. The minimum absolute atomic E-state index is 0.671. The Kier molecular flexibility index (Phi) is 7.59. The van der Waals surface area contributed by atoms with E-state index in [1.807, 2.05) is 17.8 Å². The lowest BCUT2D eigenvalue weighted by Crippen LogP contribution is -2.29. The Morgan fingerprint density at radius 3 is 2.35 bits per heavy atom. The molecule has 4 aromatic carbocycles. The quantitative estimate of drug-likeness (QED) is 0.173. The number of benzene rings is 4. The van der Waals surface area contributed by atoms with Crippen molar-refractivity contribution in [3.05, 3.63) is 108 Å². The van der Waals surface area contributed by atoms with Gasteiger partial charge in [0, 0.05) is 22.9 Å². The van der Waals surface area contributed by atoms with E-state index < -0.39 is 0 Å². The Labute approximate surface area is 194 Å². The highest BCUT2D eigenvalue weighted by Gasteiger charge is 2.02. The number of hydrogen-bond acceptors (Lipinski definition) is 2. The fraction of sp³-hybridized carbons (Fsp3) is 0.148. The molecular formula is C27H26N2S2. The summed E-state index contributed by atoms with van der Waals surface area (Å²) in [5.74, 6) is 0.959. The molecule has 4 heteroatoms. The predicted molar refractivity (Wildman–Crippen MR) is 139 cm³/mol. The van der Waals surface area contributed by atoms with Crippen LogP contribution < -0.4 is 10.6 Å². The second-order valence-corrected chi connectivity index (χ2v) is 8.88. The van der Waals surface area contributed by atoms with Crippen molar-refractivity contribution in [1.82, 2.24) is 5.32 Å². The molecule has 0 bridgehead atoms. The molecule has 0 radical (unpaired) electrons. The zero-order valence-corrected chi connectivity index (χ0v) is 19.0. The maximum Gasteiger partial charge on any atom is 0.170 e. The molecule has 4 aromatic rings. The highest BCUT2D eigenvalue weighted by atomic mass is 32.2. The van der Waals surface area contributed by atoms with Crippen LogP contribution in [0.4, 0.5) is 5.69 Å². The van der Waals surface area contributed by atoms with E-state index in [2.05, 4.69) is 102 Å². The highest BCUT2D eigenvalue weighted by molar-refractivity contribution is 7.98. The smallest absolute Gasteiger partial charge is 0.170 e. The van der Waals surface area contributed by atoms with Crippen LogP contribution in [-0.2, 0) is 12.2 Å². The molecule has 31 heavy (non-hydrogen) atoms. The molecule has 0 aliphatic carbocycles. The first-order valence-corrected chi connectivity index (χ1v) is 12.0. The van der Waals surface area contributed by atoms with Crippen LogP contribution in [0.2, 0.25) is 0 Å². The molecule has 0 heterocycles. The maximum atomic E-state index is 5.46. The van der Waals surface area contributed by atoms with Crippen LogP contribution in [0.25, 0.3) is 10.8 Å². The van der Waals surface area contributed by atoms with Gasteiger partial charge in [-0.2, -0.15) is 0 Å². The van der Waals surface area contributed by atoms with Crippen LogP contribution in [-0.4, -0.2) is 11.7 Å². The van der Waals surface area contributed by atoms with Gasteiger partial charge in [0.05, 0.1) is 0 Å². The third-order valence-electron chi connectivity index (χ3n) is 5.15. The summed E-state index contributed by atoms with van der Waals surface area (Å²) in [6.45, 7) is 0.848. The van der Waals surface area contributed by atoms with E-state index in [1.165, 1.54) is 26.8 Å². The van der Waals surface area contributed by atoms with Crippen molar-refractivity contribution >= 4 is 45.6 Å². The largest absolute Gasteiger partial charge is 0.362 e. The molecule has 2 nitrogen and oxygen atoms in total. The second kappa shape index (κ2) is 11.0.